The first kappa shape index (κ1) is 21.5. The van der Waals surface area contributed by atoms with Crippen LogP contribution in [0.2, 0.25) is 0 Å². The van der Waals surface area contributed by atoms with Gasteiger partial charge in [0.2, 0.25) is 0 Å². The van der Waals surface area contributed by atoms with Gasteiger partial charge >= 0.3 is 0 Å². The number of hydrogen-bond donors (Lipinski definition) is 1. The van der Waals surface area contributed by atoms with Gasteiger partial charge in [0.05, 0.1) is 18.2 Å². The van der Waals surface area contributed by atoms with E-state index in [1.54, 1.807) is 0 Å². The topological polar surface area (TPSA) is 98.2 Å². The Labute approximate surface area is 176 Å². The normalized spacial score (nSPS) is 15.3. The lowest BCUT2D eigenvalue weighted by atomic mass is 10.0. The quantitative estimate of drug-likeness (QED) is 0.376. The highest BCUT2D eigenvalue weighted by Crippen LogP contribution is 2.36. The van der Waals surface area contributed by atoms with E-state index in [1.165, 1.54) is 0 Å². The molecule has 3 rings (SSSR count). The number of thioether (sulfide) groups is 1. The van der Waals surface area contributed by atoms with Crippen LogP contribution in [0, 0.1) is 12.3 Å². The third kappa shape index (κ3) is 5.64. The SMILES string of the molecule is C#CCCC1(CCNC(c2cncn2CCC)c2nnnn2CCCSC)N=N1. The van der Waals surface area contributed by atoms with E-state index in [0.29, 0.717) is 6.42 Å². The minimum absolute atomic E-state index is 0.142. The van der Waals surface area contributed by atoms with Crippen LogP contribution in [-0.2, 0) is 13.1 Å². The molecule has 10 heteroatoms. The van der Waals surface area contributed by atoms with Crippen LogP contribution in [0.4, 0.5) is 0 Å². The second kappa shape index (κ2) is 10.5. The van der Waals surface area contributed by atoms with E-state index in [-0.39, 0.29) is 11.7 Å². The standard InChI is InChI=1S/C19H29N9S/c1-4-6-8-19(23-24-19)9-10-21-17(16-14-20-15-27(16)11-5-2)18-22-25-26-28(18)12-7-13-29-3/h1,14-15,17,21H,5-13H2,2-3H3. The van der Waals surface area contributed by atoms with Crippen molar-refractivity contribution in [2.75, 3.05) is 18.6 Å². The van der Waals surface area contributed by atoms with Gasteiger partial charge in [-0.2, -0.15) is 22.0 Å². The van der Waals surface area contributed by atoms with Crippen LogP contribution in [0.15, 0.2) is 22.8 Å². The summed E-state index contributed by atoms with van der Waals surface area (Å²) >= 11 is 1.83. The molecule has 0 fully saturated rings. The van der Waals surface area contributed by atoms with Crippen LogP contribution in [0.25, 0.3) is 0 Å². The molecular weight excluding hydrogens is 386 g/mol. The summed E-state index contributed by atoms with van der Waals surface area (Å²) in [5.41, 5.74) is 0.757. The van der Waals surface area contributed by atoms with Crippen molar-refractivity contribution < 1.29 is 0 Å². The highest BCUT2D eigenvalue weighted by molar-refractivity contribution is 7.98. The Kier molecular flexibility index (Phi) is 7.77. The minimum Gasteiger partial charge on any atom is -0.333 e. The summed E-state index contributed by atoms with van der Waals surface area (Å²) in [5.74, 6) is 4.56. The third-order valence-electron chi connectivity index (χ3n) is 4.97. The maximum Gasteiger partial charge on any atom is 0.193 e. The van der Waals surface area contributed by atoms with E-state index >= 15 is 0 Å². The van der Waals surface area contributed by atoms with Crippen molar-refractivity contribution >= 4 is 11.8 Å². The number of terminal acetylenes is 1. The van der Waals surface area contributed by atoms with Crippen molar-refractivity contribution in [1.29, 1.82) is 0 Å². The average molecular weight is 416 g/mol. The zero-order valence-electron chi connectivity index (χ0n) is 17.2. The van der Waals surface area contributed by atoms with Crippen molar-refractivity contribution in [3.8, 4) is 12.3 Å². The van der Waals surface area contributed by atoms with Crippen LogP contribution in [0.1, 0.15) is 56.6 Å². The van der Waals surface area contributed by atoms with Gasteiger partial charge in [-0.15, -0.1) is 17.4 Å². The molecular formula is C19H29N9S. The van der Waals surface area contributed by atoms with E-state index in [2.05, 4.69) is 59.7 Å². The first-order valence-corrected chi connectivity index (χ1v) is 11.5. The van der Waals surface area contributed by atoms with Gasteiger partial charge in [0.15, 0.2) is 11.5 Å². The van der Waals surface area contributed by atoms with Crippen LogP contribution >= 0.6 is 11.8 Å². The van der Waals surface area contributed by atoms with Crippen LogP contribution in [0.3, 0.4) is 0 Å². The number of tetrazole rings is 1. The van der Waals surface area contributed by atoms with Gasteiger partial charge in [-0.3, -0.25) is 0 Å². The molecule has 0 radical (unpaired) electrons. The fourth-order valence-electron chi connectivity index (χ4n) is 3.35. The molecule has 1 N–H and O–H groups in total. The van der Waals surface area contributed by atoms with E-state index in [1.807, 2.05) is 29.0 Å². The van der Waals surface area contributed by atoms with Crippen LogP contribution in [-0.4, -0.2) is 54.0 Å². The molecule has 2 aromatic heterocycles. The molecule has 29 heavy (non-hydrogen) atoms. The number of aryl methyl sites for hydroxylation is 2. The lowest BCUT2D eigenvalue weighted by molar-refractivity contribution is 0.439. The summed E-state index contributed by atoms with van der Waals surface area (Å²) in [4.78, 5) is 4.37. The van der Waals surface area contributed by atoms with Gasteiger partial charge in [0.25, 0.3) is 0 Å². The van der Waals surface area contributed by atoms with Crippen LogP contribution < -0.4 is 5.32 Å². The zero-order valence-corrected chi connectivity index (χ0v) is 18.0. The Morgan fingerprint density at radius 3 is 2.90 bits per heavy atom. The molecule has 0 amide bonds. The monoisotopic (exact) mass is 415 g/mol. The Hall–Kier alpha value is -2.25. The third-order valence-corrected chi connectivity index (χ3v) is 5.66. The highest BCUT2D eigenvalue weighted by Gasteiger charge is 2.39. The van der Waals surface area contributed by atoms with Gasteiger partial charge in [0, 0.05) is 38.9 Å². The maximum absolute atomic E-state index is 5.40. The molecule has 0 spiro atoms. The van der Waals surface area contributed by atoms with Gasteiger partial charge in [-0.25, -0.2) is 9.67 Å². The van der Waals surface area contributed by atoms with Gasteiger partial charge < -0.3 is 9.88 Å². The lowest BCUT2D eigenvalue weighted by Crippen LogP contribution is -2.31. The van der Waals surface area contributed by atoms with E-state index in [9.17, 15) is 0 Å². The van der Waals surface area contributed by atoms with Crippen molar-refractivity contribution in [2.24, 2.45) is 10.2 Å². The predicted molar refractivity (Wildman–Crippen MR) is 113 cm³/mol. The molecule has 156 valence electrons. The summed E-state index contributed by atoms with van der Waals surface area (Å²) in [6.07, 6.45) is 15.6. The van der Waals surface area contributed by atoms with Gasteiger partial charge in [0.1, 0.15) is 6.04 Å². The van der Waals surface area contributed by atoms with Crippen molar-refractivity contribution in [3.05, 3.63) is 24.0 Å². The summed E-state index contributed by atoms with van der Waals surface area (Å²) < 4.78 is 4.07. The molecule has 1 atom stereocenters. The molecule has 1 aliphatic rings. The summed E-state index contributed by atoms with van der Waals surface area (Å²) in [5, 5.41) is 24.6. The highest BCUT2D eigenvalue weighted by atomic mass is 32.2. The second-order valence-corrected chi connectivity index (χ2v) is 8.13. The van der Waals surface area contributed by atoms with E-state index < -0.39 is 0 Å². The number of nitrogens with zero attached hydrogens (tertiary/aromatic N) is 8. The Bertz CT molecular complexity index is 829. The molecule has 1 unspecified atom stereocenters. The summed E-state index contributed by atoms with van der Waals surface area (Å²) in [6, 6.07) is -0.142. The molecule has 0 saturated heterocycles. The maximum atomic E-state index is 5.40. The summed E-state index contributed by atoms with van der Waals surface area (Å²) in [6.45, 7) is 4.58. The molecule has 1 aliphatic heterocycles. The molecule has 0 saturated carbocycles. The Morgan fingerprint density at radius 2 is 2.17 bits per heavy atom. The van der Waals surface area contributed by atoms with Gasteiger partial charge in [-0.1, -0.05) is 6.92 Å². The fraction of sp³-hybridized carbons (Fsp3) is 0.684. The number of aromatic nitrogens is 6. The minimum atomic E-state index is -0.308. The Morgan fingerprint density at radius 1 is 1.31 bits per heavy atom. The lowest BCUT2D eigenvalue weighted by Gasteiger charge is -2.20. The largest absolute Gasteiger partial charge is 0.333 e. The van der Waals surface area contributed by atoms with Crippen molar-refractivity contribution in [1.82, 2.24) is 35.1 Å². The second-order valence-electron chi connectivity index (χ2n) is 7.14. The van der Waals surface area contributed by atoms with Gasteiger partial charge in [-0.05, 0) is 35.3 Å². The molecule has 9 nitrogen and oxygen atoms in total. The molecule has 0 bridgehead atoms. The van der Waals surface area contributed by atoms with E-state index in [0.717, 1.165) is 62.6 Å². The average Bonchev–Trinajstić information content (AvgIpc) is 3.11. The van der Waals surface area contributed by atoms with Crippen LogP contribution in [0.5, 0.6) is 0 Å². The molecule has 0 aromatic carbocycles. The first-order valence-electron chi connectivity index (χ1n) is 10.1. The number of imidazole rings is 1. The smallest absolute Gasteiger partial charge is 0.193 e. The number of nitrogens with one attached hydrogen (secondary N) is 1. The van der Waals surface area contributed by atoms with Crippen molar-refractivity contribution in [2.45, 2.75) is 63.8 Å². The number of rotatable bonds is 14. The Balaban J connectivity index is 1.74. The molecule has 0 aliphatic carbocycles. The molecule has 3 heterocycles. The predicted octanol–water partition coefficient (Wildman–Crippen LogP) is 2.68. The zero-order chi connectivity index (χ0) is 20.5. The van der Waals surface area contributed by atoms with Crippen molar-refractivity contribution in [3.63, 3.8) is 0 Å². The number of hydrogen-bond acceptors (Lipinski definition) is 8. The summed E-state index contributed by atoms with van der Waals surface area (Å²) in [7, 11) is 0. The first-order chi connectivity index (χ1) is 14.2. The fourth-order valence-corrected chi connectivity index (χ4v) is 3.77. The van der Waals surface area contributed by atoms with E-state index in [4.69, 9.17) is 6.42 Å². The molecule has 2 aromatic rings.